The number of carboxylic acids is 1. The van der Waals surface area contributed by atoms with Gasteiger partial charge in [-0.2, -0.15) is 0 Å². The monoisotopic (exact) mass is 549 g/mol. The lowest BCUT2D eigenvalue weighted by atomic mass is 9.86. The number of hydrogen-bond donors (Lipinski definition) is 2. The molecule has 9 heteroatoms. The third kappa shape index (κ3) is 12.2. The number of nitrogens with two attached hydrogens (primary N) is 1. The molecule has 0 bridgehead atoms. The van der Waals surface area contributed by atoms with Crippen LogP contribution < -0.4 is 15.2 Å². The van der Waals surface area contributed by atoms with Crippen molar-refractivity contribution in [2.75, 3.05) is 0 Å². The summed E-state index contributed by atoms with van der Waals surface area (Å²) in [6, 6.07) is 4.50. The van der Waals surface area contributed by atoms with Gasteiger partial charge in [-0.3, -0.25) is 19.2 Å². The lowest BCUT2D eigenvalue weighted by Gasteiger charge is -2.29. The molecule has 0 radical (unpaired) electrons. The minimum atomic E-state index is -1.78. The summed E-state index contributed by atoms with van der Waals surface area (Å²) in [7, 11) is 0. The summed E-state index contributed by atoms with van der Waals surface area (Å²) >= 11 is 0. The summed E-state index contributed by atoms with van der Waals surface area (Å²) in [6.07, 6.45) is -0.785. The standard InChI is InChI=1S/C30H47NO8/c1-18(2)20(4)26(34)37-19(3)14-30(31,27(35)36)15-21-11-12-22(38-24(32)16-28(5,6)7)23(13-21)39-25(33)17-29(8,9)10/h11-13,18-20H,14-17,31H2,1-10H3,(H,35,36)/t19-,20?,30?/m0/s1. The van der Waals surface area contributed by atoms with E-state index in [0.29, 0.717) is 5.56 Å². The molecule has 1 aromatic rings. The number of aliphatic carboxylic acids is 1. The Kier molecular flexibility index (Phi) is 11.7. The lowest BCUT2D eigenvalue weighted by molar-refractivity contribution is -0.157. The first kappa shape index (κ1) is 34.1. The first-order valence-corrected chi connectivity index (χ1v) is 13.4. The molecular formula is C30H47NO8. The number of rotatable bonds is 12. The van der Waals surface area contributed by atoms with Crippen molar-refractivity contribution < 1.29 is 38.5 Å². The highest BCUT2D eigenvalue weighted by molar-refractivity contribution is 5.80. The van der Waals surface area contributed by atoms with Crippen LogP contribution in [0.4, 0.5) is 0 Å². The van der Waals surface area contributed by atoms with Crippen LogP contribution in [-0.4, -0.2) is 40.6 Å². The minimum Gasteiger partial charge on any atom is -0.480 e. The van der Waals surface area contributed by atoms with Gasteiger partial charge < -0.3 is 25.1 Å². The van der Waals surface area contributed by atoms with Crippen LogP contribution in [0.2, 0.25) is 0 Å². The molecule has 0 spiro atoms. The molecule has 0 aromatic heterocycles. The van der Waals surface area contributed by atoms with Gasteiger partial charge in [0.1, 0.15) is 11.6 Å². The Morgan fingerprint density at radius 2 is 1.33 bits per heavy atom. The molecule has 0 amide bonds. The predicted octanol–water partition coefficient (Wildman–Crippen LogP) is 5.31. The van der Waals surface area contributed by atoms with Crippen LogP contribution in [0.15, 0.2) is 18.2 Å². The number of carbonyl (C=O) groups is 4. The van der Waals surface area contributed by atoms with E-state index in [-0.39, 0.29) is 59.8 Å². The Morgan fingerprint density at radius 3 is 1.77 bits per heavy atom. The van der Waals surface area contributed by atoms with Crippen LogP contribution in [0.3, 0.4) is 0 Å². The maximum Gasteiger partial charge on any atom is 0.324 e. The number of esters is 3. The second-order valence-corrected chi connectivity index (χ2v) is 13.3. The topological polar surface area (TPSA) is 142 Å². The molecule has 3 atom stereocenters. The quantitative estimate of drug-likeness (QED) is 0.262. The fourth-order valence-corrected chi connectivity index (χ4v) is 3.74. The van der Waals surface area contributed by atoms with Crippen LogP contribution in [0.25, 0.3) is 0 Å². The van der Waals surface area contributed by atoms with E-state index in [2.05, 4.69) is 0 Å². The van der Waals surface area contributed by atoms with Gasteiger partial charge in [0.25, 0.3) is 0 Å². The van der Waals surface area contributed by atoms with E-state index in [1.165, 1.54) is 12.1 Å². The van der Waals surface area contributed by atoms with Crippen molar-refractivity contribution in [1.82, 2.24) is 0 Å². The smallest absolute Gasteiger partial charge is 0.324 e. The van der Waals surface area contributed by atoms with E-state index in [1.54, 1.807) is 19.9 Å². The van der Waals surface area contributed by atoms with Gasteiger partial charge >= 0.3 is 23.9 Å². The Hall–Kier alpha value is -2.94. The Morgan fingerprint density at radius 1 is 0.846 bits per heavy atom. The van der Waals surface area contributed by atoms with Crippen LogP contribution in [0.5, 0.6) is 11.5 Å². The first-order chi connectivity index (χ1) is 17.6. The molecule has 0 aliphatic heterocycles. The summed E-state index contributed by atoms with van der Waals surface area (Å²) in [6.45, 7) is 18.5. The Labute approximate surface area is 232 Å². The van der Waals surface area contributed by atoms with Gasteiger partial charge in [-0.05, 0) is 41.4 Å². The highest BCUT2D eigenvalue weighted by atomic mass is 16.6. The summed E-state index contributed by atoms with van der Waals surface area (Å²) in [4.78, 5) is 49.7. The molecule has 2 unspecified atom stereocenters. The zero-order valence-corrected chi connectivity index (χ0v) is 25.2. The van der Waals surface area contributed by atoms with Gasteiger partial charge in [-0.15, -0.1) is 0 Å². The molecule has 9 nitrogen and oxygen atoms in total. The van der Waals surface area contributed by atoms with E-state index in [4.69, 9.17) is 19.9 Å². The number of ether oxygens (including phenoxy) is 3. The zero-order chi connectivity index (χ0) is 30.3. The average Bonchev–Trinajstić information content (AvgIpc) is 2.71. The van der Waals surface area contributed by atoms with E-state index >= 15 is 0 Å². The van der Waals surface area contributed by atoms with Crippen LogP contribution in [0.1, 0.15) is 94.1 Å². The molecule has 0 fully saturated rings. The predicted molar refractivity (Wildman–Crippen MR) is 148 cm³/mol. The molecule has 0 saturated heterocycles. The van der Waals surface area contributed by atoms with Gasteiger partial charge in [-0.1, -0.05) is 68.4 Å². The largest absolute Gasteiger partial charge is 0.480 e. The van der Waals surface area contributed by atoms with E-state index < -0.39 is 35.5 Å². The summed E-state index contributed by atoms with van der Waals surface area (Å²) in [5, 5.41) is 9.98. The highest BCUT2D eigenvalue weighted by Crippen LogP contribution is 2.33. The number of hydrogen-bond acceptors (Lipinski definition) is 8. The number of carboxylic acid groups (broad SMARTS) is 1. The van der Waals surface area contributed by atoms with Gasteiger partial charge in [0, 0.05) is 12.8 Å². The van der Waals surface area contributed by atoms with Gasteiger partial charge in [-0.25, -0.2) is 0 Å². The highest BCUT2D eigenvalue weighted by Gasteiger charge is 2.38. The normalized spacial score (nSPS) is 15.2. The van der Waals surface area contributed by atoms with Crippen molar-refractivity contribution >= 4 is 23.9 Å². The third-order valence-electron chi connectivity index (χ3n) is 6.09. The molecular weight excluding hydrogens is 502 g/mol. The molecule has 220 valence electrons. The minimum absolute atomic E-state index is 0.00184. The van der Waals surface area contributed by atoms with Crippen LogP contribution >= 0.6 is 0 Å². The molecule has 39 heavy (non-hydrogen) atoms. The SMILES string of the molecule is CC(C)C(C)C(=O)O[C@@H](C)CC(N)(Cc1ccc(OC(=O)CC(C)(C)C)c(OC(=O)CC(C)(C)C)c1)C(=O)O. The molecule has 0 aliphatic carbocycles. The molecule has 1 aromatic carbocycles. The fourth-order valence-electron chi connectivity index (χ4n) is 3.74. The fraction of sp³-hybridized carbons (Fsp3) is 0.667. The van der Waals surface area contributed by atoms with Gasteiger partial charge in [0.15, 0.2) is 11.5 Å². The Balaban J connectivity index is 3.26. The van der Waals surface area contributed by atoms with Crippen LogP contribution in [-0.2, 0) is 30.3 Å². The van der Waals surface area contributed by atoms with Crippen molar-refractivity contribution in [3.63, 3.8) is 0 Å². The number of benzene rings is 1. The van der Waals surface area contributed by atoms with Gasteiger partial charge in [0.2, 0.25) is 0 Å². The second-order valence-electron chi connectivity index (χ2n) is 13.3. The summed E-state index contributed by atoms with van der Waals surface area (Å²) < 4.78 is 16.6. The lowest BCUT2D eigenvalue weighted by Crippen LogP contribution is -2.52. The third-order valence-corrected chi connectivity index (χ3v) is 6.09. The molecule has 0 aliphatic rings. The van der Waals surface area contributed by atoms with Crippen molar-refractivity contribution in [2.45, 2.75) is 107 Å². The molecule has 1 rings (SSSR count). The maximum absolute atomic E-state index is 12.6. The average molecular weight is 550 g/mol. The van der Waals surface area contributed by atoms with Crippen molar-refractivity contribution in [1.29, 1.82) is 0 Å². The van der Waals surface area contributed by atoms with E-state index in [1.807, 2.05) is 55.4 Å². The summed E-state index contributed by atoms with van der Waals surface area (Å²) in [5.74, 6) is -2.92. The first-order valence-electron chi connectivity index (χ1n) is 13.4. The Bertz CT molecular complexity index is 1030. The zero-order valence-electron chi connectivity index (χ0n) is 25.2. The molecule has 0 saturated carbocycles. The van der Waals surface area contributed by atoms with Gasteiger partial charge in [0.05, 0.1) is 18.8 Å². The second kappa shape index (κ2) is 13.4. The van der Waals surface area contributed by atoms with E-state index in [9.17, 15) is 24.3 Å². The molecule has 0 heterocycles. The molecule has 3 N–H and O–H groups in total. The number of carbonyl (C=O) groups excluding carboxylic acids is 3. The van der Waals surface area contributed by atoms with E-state index in [0.717, 1.165) is 0 Å². The van der Waals surface area contributed by atoms with Crippen LogP contribution in [0, 0.1) is 22.7 Å². The van der Waals surface area contributed by atoms with Crippen molar-refractivity contribution in [2.24, 2.45) is 28.4 Å². The maximum atomic E-state index is 12.6. The van der Waals surface area contributed by atoms with Crippen molar-refractivity contribution in [3.05, 3.63) is 23.8 Å². The summed E-state index contributed by atoms with van der Waals surface area (Å²) in [5.41, 5.74) is 4.34. The van der Waals surface area contributed by atoms with Crippen molar-refractivity contribution in [3.8, 4) is 11.5 Å².